The van der Waals surface area contributed by atoms with Gasteiger partial charge in [0, 0.05) is 23.5 Å². The van der Waals surface area contributed by atoms with E-state index in [1.54, 1.807) is 13.8 Å². The molecule has 10 heteroatoms. The Hall–Kier alpha value is -2.57. The molecule has 0 saturated carbocycles. The zero-order chi connectivity index (χ0) is 29.9. The average Bonchev–Trinajstić information content (AvgIpc) is 3.53. The van der Waals surface area contributed by atoms with Gasteiger partial charge in [0.2, 0.25) is 0 Å². The standard InChI is InChI=1S/C13H16O.C11H13NO.C3H6O4S.C3H8O2/c1-9(14)7-12-8-11-5-3-4-6-13(11)10(12)2;1-8(13)6-10-7-9-4-2-3-5-11(9)12-10;1-3-2-6-8(4,5)7-3;1-3(5)2-4/h3-6,8-10,14H,7H2,1-2H3;2-5,7-8,12-13H,6H2,1H3;3H,2H2,1H3;3-5H,2H2,1H3/t9-,10?;8-;2*3-/m0000/s1. The number of aromatic nitrogens is 1. The van der Waals surface area contributed by atoms with E-state index in [2.05, 4.69) is 62.7 Å². The maximum absolute atomic E-state index is 10.2. The molecule has 1 aromatic heterocycles. The Morgan fingerprint density at radius 2 is 1.52 bits per heavy atom. The molecule has 2 heterocycles. The molecule has 1 unspecified atom stereocenters. The molecule has 1 aliphatic carbocycles. The summed E-state index contributed by atoms with van der Waals surface area (Å²) in [5.41, 5.74) is 6.29. The fraction of sp³-hybridized carbons (Fsp3) is 0.467. The van der Waals surface area contributed by atoms with Crippen molar-refractivity contribution in [1.82, 2.24) is 4.98 Å². The van der Waals surface area contributed by atoms with E-state index in [1.807, 2.05) is 25.1 Å². The van der Waals surface area contributed by atoms with Gasteiger partial charge in [0.15, 0.2) is 0 Å². The lowest BCUT2D eigenvalue weighted by atomic mass is 9.95. The second-order valence-electron chi connectivity index (χ2n) is 10.2. The van der Waals surface area contributed by atoms with Gasteiger partial charge in [-0.1, -0.05) is 61.0 Å². The lowest BCUT2D eigenvalue weighted by Crippen LogP contribution is -2.03. The molecular formula is C30H43NO8S. The number of fused-ring (bicyclic) bond motifs is 2. The van der Waals surface area contributed by atoms with Crippen LogP contribution in [0.1, 0.15) is 63.8 Å². The predicted molar refractivity (Wildman–Crippen MR) is 157 cm³/mol. The number of aromatic amines is 1. The van der Waals surface area contributed by atoms with Gasteiger partial charge in [-0.05, 0) is 62.8 Å². The first kappa shape index (κ1) is 33.6. The topological polar surface area (TPSA) is 149 Å². The number of rotatable bonds is 5. The van der Waals surface area contributed by atoms with Crippen molar-refractivity contribution < 1.29 is 37.2 Å². The Labute approximate surface area is 237 Å². The SMILES string of the molecule is CC1C(C[C@H](C)O)=Cc2ccccc21.C[C@H](O)CO.C[C@H](O)Cc1cc2ccccc2[nH]1.C[C@H]1COS(=O)(=O)O1. The van der Waals surface area contributed by atoms with Gasteiger partial charge in [0.05, 0.1) is 31.5 Å². The first-order valence-corrected chi connectivity index (χ1v) is 14.7. The maximum Gasteiger partial charge on any atom is 0.400 e. The molecule has 5 N–H and O–H groups in total. The lowest BCUT2D eigenvalue weighted by Gasteiger charge is -2.12. The van der Waals surface area contributed by atoms with E-state index in [-0.39, 0.29) is 31.5 Å². The molecule has 5 atom stereocenters. The molecule has 40 heavy (non-hydrogen) atoms. The van der Waals surface area contributed by atoms with Gasteiger partial charge in [0.25, 0.3) is 0 Å². The number of H-pyrrole nitrogens is 1. The Morgan fingerprint density at radius 1 is 0.925 bits per heavy atom. The number of aliphatic hydroxyl groups is 4. The van der Waals surface area contributed by atoms with Crippen LogP contribution < -0.4 is 0 Å². The molecule has 1 aliphatic heterocycles. The molecule has 1 fully saturated rings. The minimum atomic E-state index is -3.60. The molecule has 0 amide bonds. The highest BCUT2D eigenvalue weighted by molar-refractivity contribution is 7.82. The van der Waals surface area contributed by atoms with Crippen LogP contribution in [0.15, 0.2) is 60.2 Å². The minimum Gasteiger partial charge on any atom is -0.394 e. The van der Waals surface area contributed by atoms with Crippen LogP contribution in [0.2, 0.25) is 0 Å². The highest BCUT2D eigenvalue weighted by atomic mass is 32.3. The molecule has 2 aliphatic rings. The molecule has 0 radical (unpaired) electrons. The summed E-state index contributed by atoms with van der Waals surface area (Å²) in [6.07, 6.45) is 2.29. The van der Waals surface area contributed by atoms with Gasteiger partial charge in [0.1, 0.15) is 6.10 Å². The van der Waals surface area contributed by atoms with E-state index in [0.717, 1.165) is 17.6 Å². The molecule has 0 bridgehead atoms. The monoisotopic (exact) mass is 577 g/mol. The summed E-state index contributed by atoms with van der Waals surface area (Å²) in [5.74, 6) is 0.473. The maximum atomic E-state index is 10.2. The zero-order valence-electron chi connectivity index (χ0n) is 23.8. The van der Waals surface area contributed by atoms with Gasteiger partial charge in [-0.25, -0.2) is 8.37 Å². The normalized spacial score (nSPS) is 20.9. The van der Waals surface area contributed by atoms with E-state index in [1.165, 1.54) is 29.0 Å². The van der Waals surface area contributed by atoms with Crippen molar-refractivity contribution in [2.75, 3.05) is 13.2 Å². The van der Waals surface area contributed by atoms with E-state index in [9.17, 15) is 18.6 Å². The van der Waals surface area contributed by atoms with Crippen molar-refractivity contribution in [3.05, 3.63) is 77.0 Å². The van der Waals surface area contributed by atoms with E-state index in [0.29, 0.717) is 12.3 Å². The molecule has 2 aromatic carbocycles. The van der Waals surface area contributed by atoms with Gasteiger partial charge < -0.3 is 25.4 Å². The minimum absolute atomic E-state index is 0.139. The van der Waals surface area contributed by atoms with E-state index in [4.69, 9.17) is 10.2 Å². The first-order chi connectivity index (χ1) is 18.8. The summed E-state index contributed by atoms with van der Waals surface area (Å²) in [6, 6.07) is 18.7. The number of hydrogen-bond donors (Lipinski definition) is 5. The molecule has 9 nitrogen and oxygen atoms in total. The van der Waals surface area contributed by atoms with Crippen LogP contribution in [-0.2, 0) is 25.2 Å². The van der Waals surface area contributed by atoms with E-state index >= 15 is 0 Å². The molecule has 3 aromatic rings. The van der Waals surface area contributed by atoms with Gasteiger partial charge in [-0.3, -0.25) is 0 Å². The summed E-state index contributed by atoms with van der Waals surface area (Å²) in [4.78, 5) is 3.27. The number of benzene rings is 2. The fourth-order valence-electron chi connectivity index (χ4n) is 4.14. The second-order valence-corrected chi connectivity index (χ2v) is 11.4. The van der Waals surface area contributed by atoms with Crippen LogP contribution in [0, 0.1) is 0 Å². The third kappa shape index (κ3) is 11.5. The van der Waals surface area contributed by atoms with Gasteiger partial charge >= 0.3 is 10.4 Å². The molecular weight excluding hydrogens is 534 g/mol. The predicted octanol–water partition coefficient (Wildman–Crippen LogP) is 4.08. The van der Waals surface area contributed by atoms with Crippen LogP contribution in [0.5, 0.6) is 0 Å². The van der Waals surface area contributed by atoms with Crippen molar-refractivity contribution in [2.24, 2.45) is 0 Å². The number of hydrogen-bond acceptors (Lipinski definition) is 8. The van der Waals surface area contributed by atoms with Crippen LogP contribution >= 0.6 is 0 Å². The van der Waals surface area contributed by atoms with Crippen LogP contribution in [0.4, 0.5) is 0 Å². The van der Waals surface area contributed by atoms with Crippen molar-refractivity contribution in [2.45, 2.75) is 77.8 Å². The van der Waals surface area contributed by atoms with Crippen molar-refractivity contribution in [3.63, 3.8) is 0 Å². The van der Waals surface area contributed by atoms with Crippen molar-refractivity contribution in [1.29, 1.82) is 0 Å². The summed E-state index contributed by atoms with van der Waals surface area (Å²) >= 11 is 0. The number of aliphatic hydroxyl groups excluding tert-OH is 4. The van der Waals surface area contributed by atoms with Gasteiger partial charge in [-0.2, -0.15) is 8.42 Å². The number of nitrogens with one attached hydrogen (secondary N) is 1. The molecule has 5 rings (SSSR count). The lowest BCUT2D eigenvalue weighted by molar-refractivity contribution is 0.110. The van der Waals surface area contributed by atoms with Crippen molar-refractivity contribution in [3.8, 4) is 0 Å². The fourth-order valence-corrected chi connectivity index (χ4v) is 5.01. The van der Waals surface area contributed by atoms with Crippen LogP contribution in [0.3, 0.4) is 0 Å². The Kier molecular flexibility index (Phi) is 13.5. The van der Waals surface area contributed by atoms with Crippen LogP contribution in [-0.4, -0.2) is 71.5 Å². The molecule has 1 saturated heterocycles. The average molecular weight is 578 g/mol. The molecule has 222 valence electrons. The van der Waals surface area contributed by atoms with E-state index < -0.39 is 16.5 Å². The highest BCUT2D eigenvalue weighted by Crippen LogP contribution is 2.37. The Morgan fingerprint density at radius 3 is 2.00 bits per heavy atom. The summed E-state index contributed by atoms with van der Waals surface area (Å²) < 4.78 is 28.9. The Balaban J connectivity index is 0.000000199. The first-order valence-electron chi connectivity index (χ1n) is 13.4. The highest BCUT2D eigenvalue weighted by Gasteiger charge is 2.25. The Bertz CT molecular complexity index is 1280. The third-order valence-corrected chi connectivity index (χ3v) is 6.97. The zero-order valence-corrected chi connectivity index (χ0v) is 24.6. The second kappa shape index (κ2) is 16.0. The molecule has 0 spiro atoms. The summed E-state index contributed by atoms with van der Waals surface area (Å²) in [6.45, 7) is 9.01. The quantitative estimate of drug-likeness (QED) is 0.305. The summed E-state index contributed by atoms with van der Waals surface area (Å²) in [5, 5.41) is 35.8. The summed E-state index contributed by atoms with van der Waals surface area (Å²) in [7, 11) is -3.60. The number of para-hydroxylation sites is 1. The smallest absolute Gasteiger partial charge is 0.394 e. The van der Waals surface area contributed by atoms with Gasteiger partial charge in [-0.15, -0.1) is 0 Å². The van der Waals surface area contributed by atoms with Crippen molar-refractivity contribution >= 4 is 27.4 Å². The third-order valence-electron chi connectivity index (χ3n) is 5.99. The van der Waals surface area contributed by atoms with Crippen LogP contribution in [0.25, 0.3) is 17.0 Å². The largest absolute Gasteiger partial charge is 0.400 e.